The van der Waals surface area contributed by atoms with Gasteiger partial charge in [-0.15, -0.1) is 0 Å². The van der Waals surface area contributed by atoms with Crippen LogP contribution in [0, 0.1) is 5.92 Å². The predicted octanol–water partition coefficient (Wildman–Crippen LogP) is 0.511. The number of aliphatic hydroxyl groups is 1. The second-order valence-electron chi connectivity index (χ2n) is 3.71. The summed E-state index contributed by atoms with van der Waals surface area (Å²) in [6.07, 6.45) is 3.56. The van der Waals surface area contributed by atoms with Crippen molar-refractivity contribution in [2.24, 2.45) is 5.92 Å². The quantitative estimate of drug-likeness (QED) is 0.580. The van der Waals surface area contributed by atoms with Gasteiger partial charge in [-0.25, -0.2) is 0 Å². The number of carbonyl (C=O) groups is 1. The SMILES string of the molecule is CC(=O)O.OC1CC2CCN1CC2. The monoisotopic (exact) mass is 187 g/mol. The molecule has 3 aliphatic heterocycles. The summed E-state index contributed by atoms with van der Waals surface area (Å²) < 4.78 is 0. The van der Waals surface area contributed by atoms with Crippen molar-refractivity contribution in [2.45, 2.75) is 32.4 Å². The van der Waals surface area contributed by atoms with Gasteiger partial charge in [-0.3, -0.25) is 9.69 Å². The summed E-state index contributed by atoms with van der Waals surface area (Å²) in [6.45, 7) is 3.34. The van der Waals surface area contributed by atoms with Crippen molar-refractivity contribution in [3.63, 3.8) is 0 Å². The van der Waals surface area contributed by atoms with Crippen LogP contribution in [0.1, 0.15) is 26.2 Å². The molecular formula is C9H17NO3. The zero-order valence-corrected chi connectivity index (χ0v) is 7.94. The van der Waals surface area contributed by atoms with Crippen LogP contribution in [-0.2, 0) is 4.79 Å². The molecule has 3 heterocycles. The Morgan fingerprint density at radius 2 is 1.85 bits per heavy atom. The Kier molecular flexibility index (Phi) is 3.69. The highest BCUT2D eigenvalue weighted by atomic mass is 16.4. The van der Waals surface area contributed by atoms with Crippen molar-refractivity contribution in [1.29, 1.82) is 0 Å². The minimum atomic E-state index is -0.833. The van der Waals surface area contributed by atoms with E-state index < -0.39 is 5.97 Å². The van der Waals surface area contributed by atoms with E-state index in [4.69, 9.17) is 9.90 Å². The van der Waals surface area contributed by atoms with Gasteiger partial charge in [0.1, 0.15) is 6.23 Å². The summed E-state index contributed by atoms with van der Waals surface area (Å²) in [7, 11) is 0. The third-order valence-corrected chi connectivity index (χ3v) is 2.61. The summed E-state index contributed by atoms with van der Waals surface area (Å²) in [6, 6.07) is 0. The zero-order chi connectivity index (χ0) is 9.84. The molecule has 2 N–H and O–H groups in total. The molecule has 4 nitrogen and oxygen atoms in total. The molecule has 3 aliphatic rings. The summed E-state index contributed by atoms with van der Waals surface area (Å²) in [4.78, 5) is 11.2. The van der Waals surface area contributed by atoms with E-state index in [0.29, 0.717) is 0 Å². The van der Waals surface area contributed by atoms with E-state index in [1.807, 2.05) is 0 Å². The zero-order valence-electron chi connectivity index (χ0n) is 7.94. The van der Waals surface area contributed by atoms with Gasteiger partial charge in [-0.2, -0.15) is 0 Å². The van der Waals surface area contributed by atoms with Gasteiger partial charge in [0.25, 0.3) is 5.97 Å². The molecule has 0 aromatic rings. The number of aliphatic carboxylic acids is 1. The van der Waals surface area contributed by atoms with Crippen LogP contribution in [0.4, 0.5) is 0 Å². The minimum Gasteiger partial charge on any atom is -0.481 e. The Bertz CT molecular complexity index is 172. The molecule has 0 amide bonds. The number of hydrogen-bond donors (Lipinski definition) is 2. The predicted molar refractivity (Wildman–Crippen MR) is 48.2 cm³/mol. The molecular weight excluding hydrogens is 170 g/mol. The van der Waals surface area contributed by atoms with Gasteiger partial charge in [0.05, 0.1) is 0 Å². The van der Waals surface area contributed by atoms with Gasteiger partial charge >= 0.3 is 0 Å². The first-order valence-electron chi connectivity index (χ1n) is 4.71. The van der Waals surface area contributed by atoms with Gasteiger partial charge in [0.2, 0.25) is 0 Å². The number of nitrogens with zero attached hydrogens (tertiary/aromatic N) is 1. The Labute approximate surface area is 78.2 Å². The summed E-state index contributed by atoms with van der Waals surface area (Å²) >= 11 is 0. The van der Waals surface area contributed by atoms with Gasteiger partial charge in [-0.05, 0) is 25.2 Å². The van der Waals surface area contributed by atoms with Crippen molar-refractivity contribution < 1.29 is 15.0 Å². The third-order valence-electron chi connectivity index (χ3n) is 2.61. The van der Waals surface area contributed by atoms with E-state index in [-0.39, 0.29) is 6.23 Å². The highest BCUT2D eigenvalue weighted by Gasteiger charge is 2.31. The van der Waals surface area contributed by atoms with Gasteiger partial charge < -0.3 is 10.2 Å². The molecule has 0 radical (unpaired) electrons. The number of fused-ring (bicyclic) bond motifs is 3. The maximum absolute atomic E-state index is 9.33. The maximum atomic E-state index is 9.33. The number of aliphatic hydroxyl groups excluding tert-OH is 1. The molecule has 4 heteroatoms. The molecule has 1 unspecified atom stereocenters. The summed E-state index contributed by atoms with van der Waals surface area (Å²) in [5, 5.41) is 16.7. The summed E-state index contributed by atoms with van der Waals surface area (Å²) in [5.74, 6) is 0.00463. The van der Waals surface area contributed by atoms with E-state index in [1.165, 1.54) is 12.8 Å². The number of rotatable bonds is 0. The fourth-order valence-electron chi connectivity index (χ4n) is 1.93. The van der Waals surface area contributed by atoms with Crippen molar-refractivity contribution in [1.82, 2.24) is 4.90 Å². The fraction of sp³-hybridized carbons (Fsp3) is 0.889. The second kappa shape index (κ2) is 4.58. The highest BCUT2D eigenvalue weighted by Crippen LogP contribution is 2.30. The first kappa shape index (κ1) is 10.5. The van der Waals surface area contributed by atoms with Crippen molar-refractivity contribution >= 4 is 5.97 Å². The molecule has 76 valence electrons. The van der Waals surface area contributed by atoms with E-state index in [9.17, 15) is 5.11 Å². The largest absolute Gasteiger partial charge is 0.481 e. The molecule has 3 saturated heterocycles. The topological polar surface area (TPSA) is 60.8 Å². The van der Waals surface area contributed by atoms with Gasteiger partial charge in [-0.1, -0.05) is 0 Å². The van der Waals surface area contributed by atoms with Gasteiger partial charge in [0.15, 0.2) is 0 Å². The smallest absolute Gasteiger partial charge is 0.300 e. The number of hydrogen-bond acceptors (Lipinski definition) is 3. The molecule has 0 spiro atoms. The number of carboxylic acids is 1. The lowest BCUT2D eigenvalue weighted by Crippen LogP contribution is -2.48. The van der Waals surface area contributed by atoms with Crippen molar-refractivity contribution in [3.8, 4) is 0 Å². The number of piperidine rings is 3. The van der Waals surface area contributed by atoms with Crippen LogP contribution in [-0.4, -0.2) is 40.4 Å². The highest BCUT2D eigenvalue weighted by molar-refractivity contribution is 5.62. The van der Waals surface area contributed by atoms with Crippen molar-refractivity contribution in [2.75, 3.05) is 13.1 Å². The molecule has 0 saturated carbocycles. The average molecular weight is 187 g/mol. The van der Waals surface area contributed by atoms with Crippen molar-refractivity contribution in [3.05, 3.63) is 0 Å². The molecule has 0 aromatic heterocycles. The Morgan fingerprint density at radius 3 is 2.00 bits per heavy atom. The third kappa shape index (κ3) is 3.32. The Hall–Kier alpha value is -0.610. The van der Waals surface area contributed by atoms with Crippen LogP contribution in [0.25, 0.3) is 0 Å². The van der Waals surface area contributed by atoms with Crippen LogP contribution in [0.3, 0.4) is 0 Å². The number of carboxylic acid groups (broad SMARTS) is 1. The summed E-state index contributed by atoms with van der Waals surface area (Å²) in [5.41, 5.74) is 0. The molecule has 0 aliphatic carbocycles. The standard InChI is InChI=1S/C7H13NO.C2H4O2/c9-7-5-6-1-3-8(7)4-2-6;1-2(3)4/h6-7,9H,1-5H2;1H3,(H,3,4). The van der Waals surface area contributed by atoms with Crippen LogP contribution in [0.2, 0.25) is 0 Å². The van der Waals surface area contributed by atoms with Gasteiger partial charge in [0, 0.05) is 20.0 Å². The molecule has 13 heavy (non-hydrogen) atoms. The Balaban J connectivity index is 0.000000184. The first-order chi connectivity index (χ1) is 6.09. The van der Waals surface area contributed by atoms with E-state index in [0.717, 1.165) is 32.4 Å². The van der Waals surface area contributed by atoms with Crippen LogP contribution in [0.5, 0.6) is 0 Å². The molecule has 1 atom stereocenters. The lowest BCUT2D eigenvalue weighted by molar-refractivity contribution is -0.134. The fourth-order valence-corrected chi connectivity index (χ4v) is 1.93. The minimum absolute atomic E-state index is 0.0995. The molecule has 0 aromatic carbocycles. The lowest BCUT2D eigenvalue weighted by atomic mass is 9.87. The molecule has 2 bridgehead atoms. The second-order valence-corrected chi connectivity index (χ2v) is 3.71. The molecule has 3 fully saturated rings. The normalized spacial score (nSPS) is 36.3. The van der Waals surface area contributed by atoms with Crippen LogP contribution >= 0.6 is 0 Å². The Morgan fingerprint density at radius 1 is 1.38 bits per heavy atom. The molecule has 3 rings (SSSR count). The maximum Gasteiger partial charge on any atom is 0.300 e. The lowest BCUT2D eigenvalue weighted by Gasteiger charge is -2.42. The van der Waals surface area contributed by atoms with E-state index in [2.05, 4.69) is 4.90 Å². The van der Waals surface area contributed by atoms with Crippen LogP contribution < -0.4 is 0 Å². The first-order valence-corrected chi connectivity index (χ1v) is 4.71. The average Bonchev–Trinajstić information content (AvgIpc) is 2.04. The van der Waals surface area contributed by atoms with E-state index >= 15 is 0 Å². The van der Waals surface area contributed by atoms with E-state index in [1.54, 1.807) is 0 Å². The van der Waals surface area contributed by atoms with Crippen LogP contribution in [0.15, 0.2) is 0 Å².